The van der Waals surface area contributed by atoms with Gasteiger partial charge in [0.1, 0.15) is 0 Å². The van der Waals surface area contributed by atoms with Gasteiger partial charge in [-0.15, -0.1) is 0 Å². The van der Waals surface area contributed by atoms with Crippen LogP contribution in [-0.2, 0) is 0 Å². The number of piperidine rings is 1. The highest BCUT2D eigenvalue weighted by atomic mass is 15.2. The molecule has 0 spiro atoms. The minimum atomic E-state index is 0.474. The number of likely N-dealkylation sites (tertiary alicyclic amines) is 1. The van der Waals surface area contributed by atoms with Crippen LogP contribution in [0.3, 0.4) is 0 Å². The summed E-state index contributed by atoms with van der Waals surface area (Å²) < 4.78 is 0. The zero-order valence-corrected chi connectivity index (χ0v) is 13.2. The summed E-state index contributed by atoms with van der Waals surface area (Å²) in [6, 6.07) is 1.46. The Morgan fingerprint density at radius 2 is 1.56 bits per heavy atom. The van der Waals surface area contributed by atoms with E-state index in [1.165, 1.54) is 32.5 Å². The molecule has 0 atom stereocenters. The van der Waals surface area contributed by atoms with Crippen molar-refractivity contribution in [3.05, 3.63) is 0 Å². The van der Waals surface area contributed by atoms with Crippen molar-refractivity contribution in [2.24, 2.45) is 16.7 Å². The molecule has 0 amide bonds. The molecule has 2 fully saturated rings. The second kappa shape index (κ2) is 4.79. The number of rotatable bonds is 4. The molecule has 1 saturated carbocycles. The zero-order valence-electron chi connectivity index (χ0n) is 13.2. The van der Waals surface area contributed by atoms with Crippen molar-refractivity contribution in [3.63, 3.8) is 0 Å². The van der Waals surface area contributed by atoms with Crippen LogP contribution in [0, 0.1) is 16.7 Å². The fraction of sp³-hybridized carbons (Fsp3) is 1.00. The van der Waals surface area contributed by atoms with Crippen LogP contribution in [0.4, 0.5) is 0 Å². The van der Waals surface area contributed by atoms with Gasteiger partial charge in [-0.25, -0.2) is 0 Å². The predicted octanol–water partition coefficient (Wildman–Crippen LogP) is 3.13. The standard InChI is InChI=1S/C16H32N2/c1-12(2)11-18-9-7-13(8-10-18)17-14-15(3,4)16(14,5)6/h12-14,17H,7-11H2,1-6H3. The van der Waals surface area contributed by atoms with Gasteiger partial charge in [-0.1, -0.05) is 41.5 Å². The van der Waals surface area contributed by atoms with Gasteiger partial charge in [0, 0.05) is 18.6 Å². The minimum absolute atomic E-state index is 0.474. The fourth-order valence-electron chi connectivity index (χ4n) is 3.65. The Bertz CT molecular complexity index is 271. The molecule has 2 aliphatic rings. The molecule has 0 bridgehead atoms. The number of hydrogen-bond donors (Lipinski definition) is 1. The highest BCUT2D eigenvalue weighted by molar-refractivity contribution is 5.18. The second-order valence-corrected chi connectivity index (χ2v) is 8.01. The first-order chi connectivity index (χ1) is 8.25. The Morgan fingerprint density at radius 1 is 1.06 bits per heavy atom. The molecule has 1 saturated heterocycles. The first-order valence-electron chi connectivity index (χ1n) is 7.73. The average Bonchev–Trinajstić information content (AvgIpc) is 2.63. The maximum atomic E-state index is 3.92. The summed E-state index contributed by atoms with van der Waals surface area (Å²) in [5.41, 5.74) is 0.949. The van der Waals surface area contributed by atoms with Gasteiger partial charge in [-0.2, -0.15) is 0 Å². The maximum Gasteiger partial charge on any atom is 0.0183 e. The zero-order chi connectivity index (χ0) is 13.6. The van der Waals surface area contributed by atoms with E-state index in [0.717, 1.165) is 12.0 Å². The average molecular weight is 252 g/mol. The van der Waals surface area contributed by atoms with E-state index in [1.807, 2.05) is 0 Å². The third-order valence-electron chi connectivity index (χ3n) is 5.63. The molecule has 106 valence electrons. The Labute approximate surface area is 114 Å². The van der Waals surface area contributed by atoms with Crippen LogP contribution in [0.25, 0.3) is 0 Å². The van der Waals surface area contributed by atoms with Gasteiger partial charge in [0.2, 0.25) is 0 Å². The maximum absolute atomic E-state index is 3.92. The number of nitrogens with zero attached hydrogens (tertiary/aromatic N) is 1. The quantitative estimate of drug-likeness (QED) is 0.827. The summed E-state index contributed by atoms with van der Waals surface area (Å²) in [6.45, 7) is 18.1. The third kappa shape index (κ3) is 2.60. The highest BCUT2D eigenvalue weighted by Gasteiger charge is 2.64. The Hall–Kier alpha value is -0.0800. The van der Waals surface area contributed by atoms with Crippen LogP contribution in [0.1, 0.15) is 54.4 Å². The molecular formula is C16H32N2. The van der Waals surface area contributed by atoms with E-state index in [4.69, 9.17) is 0 Å². The molecule has 1 heterocycles. The molecule has 1 N–H and O–H groups in total. The molecule has 1 aliphatic carbocycles. The van der Waals surface area contributed by atoms with Gasteiger partial charge in [0.25, 0.3) is 0 Å². The van der Waals surface area contributed by atoms with Gasteiger partial charge in [0.15, 0.2) is 0 Å². The van der Waals surface area contributed by atoms with E-state index >= 15 is 0 Å². The smallest absolute Gasteiger partial charge is 0.0183 e. The number of nitrogens with one attached hydrogen (secondary N) is 1. The van der Waals surface area contributed by atoms with E-state index in [-0.39, 0.29) is 0 Å². The van der Waals surface area contributed by atoms with Crippen LogP contribution in [0.15, 0.2) is 0 Å². The van der Waals surface area contributed by atoms with Crippen LogP contribution in [0.2, 0.25) is 0 Å². The van der Waals surface area contributed by atoms with E-state index < -0.39 is 0 Å². The lowest BCUT2D eigenvalue weighted by atomic mass is 10.0. The third-order valence-corrected chi connectivity index (χ3v) is 5.63. The SMILES string of the molecule is CC(C)CN1CCC(NC2C(C)(C)C2(C)C)CC1. The van der Waals surface area contributed by atoms with Gasteiger partial charge in [0.05, 0.1) is 0 Å². The molecule has 1 aliphatic heterocycles. The normalized spacial score (nSPS) is 28.8. The lowest BCUT2D eigenvalue weighted by molar-refractivity contribution is 0.177. The van der Waals surface area contributed by atoms with Crippen molar-refractivity contribution in [1.82, 2.24) is 10.2 Å². The topological polar surface area (TPSA) is 15.3 Å². The lowest BCUT2D eigenvalue weighted by Crippen LogP contribution is -2.45. The van der Waals surface area contributed by atoms with Crippen LogP contribution in [-0.4, -0.2) is 36.6 Å². The lowest BCUT2D eigenvalue weighted by Gasteiger charge is -2.34. The van der Waals surface area contributed by atoms with Gasteiger partial charge < -0.3 is 10.2 Å². The Morgan fingerprint density at radius 3 is 1.94 bits per heavy atom. The molecule has 0 aromatic heterocycles. The first-order valence-corrected chi connectivity index (χ1v) is 7.73. The minimum Gasteiger partial charge on any atom is -0.310 e. The van der Waals surface area contributed by atoms with E-state index in [2.05, 4.69) is 51.8 Å². The van der Waals surface area contributed by atoms with Crippen molar-refractivity contribution >= 4 is 0 Å². The largest absolute Gasteiger partial charge is 0.310 e. The van der Waals surface area contributed by atoms with Crippen LogP contribution >= 0.6 is 0 Å². The fourth-order valence-corrected chi connectivity index (χ4v) is 3.65. The highest BCUT2D eigenvalue weighted by Crippen LogP contribution is 2.62. The van der Waals surface area contributed by atoms with E-state index in [1.54, 1.807) is 0 Å². The predicted molar refractivity (Wildman–Crippen MR) is 78.8 cm³/mol. The van der Waals surface area contributed by atoms with Crippen molar-refractivity contribution in [2.45, 2.75) is 66.5 Å². The summed E-state index contributed by atoms with van der Waals surface area (Å²) >= 11 is 0. The van der Waals surface area contributed by atoms with Crippen molar-refractivity contribution < 1.29 is 0 Å². The molecule has 2 heteroatoms. The Kier molecular flexibility index (Phi) is 3.81. The molecular weight excluding hydrogens is 220 g/mol. The summed E-state index contributed by atoms with van der Waals surface area (Å²) in [4.78, 5) is 2.63. The molecule has 0 aromatic carbocycles. The van der Waals surface area contributed by atoms with E-state index in [0.29, 0.717) is 16.9 Å². The summed E-state index contributed by atoms with van der Waals surface area (Å²) in [5, 5.41) is 3.92. The molecule has 18 heavy (non-hydrogen) atoms. The van der Waals surface area contributed by atoms with Crippen molar-refractivity contribution in [2.75, 3.05) is 19.6 Å². The molecule has 0 unspecified atom stereocenters. The summed E-state index contributed by atoms with van der Waals surface area (Å²) in [5.74, 6) is 0.802. The first kappa shape index (κ1) is 14.3. The van der Waals surface area contributed by atoms with Gasteiger partial charge in [-0.3, -0.25) is 0 Å². The summed E-state index contributed by atoms with van der Waals surface area (Å²) in [7, 11) is 0. The van der Waals surface area contributed by atoms with Crippen LogP contribution < -0.4 is 5.32 Å². The number of hydrogen-bond acceptors (Lipinski definition) is 2. The molecule has 2 nitrogen and oxygen atoms in total. The molecule has 2 rings (SSSR count). The monoisotopic (exact) mass is 252 g/mol. The van der Waals surface area contributed by atoms with Gasteiger partial charge in [-0.05, 0) is 42.7 Å². The van der Waals surface area contributed by atoms with E-state index in [9.17, 15) is 0 Å². The summed E-state index contributed by atoms with van der Waals surface area (Å²) in [6.07, 6.45) is 2.66. The molecule has 0 aromatic rings. The molecule has 0 radical (unpaired) electrons. The van der Waals surface area contributed by atoms with Crippen molar-refractivity contribution in [1.29, 1.82) is 0 Å². The van der Waals surface area contributed by atoms with Gasteiger partial charge >= 0.3 is 0 Å². The van der Waals surface area contributed by atoms with Crippen LogP contribution in [0.5, 0.6) is 0 Å². The second-order valence-electron chi connectivity index (χ2n) is 8.01. The van der Waals surface area contributed by atoms with Crippen molar-refractivity contribution in [3.8, 4) is 0 Å². The Balaban J connectivity index is 1.75.